The number of hydrogen-bond acceptors (Lipinski definition) is 11. The molecule has 2 heterocycles. The van der Waals surface area contributed by atoms with Crippen molar-refractivity contribution in [3.63, 3.8) is 0 Å². The van der Waals surface area contributed by atoms with E-state index in [9.17, 15) is 19.2 Å². The third-order valence-electron chi connectivity index (χ3n) is 4.75. The average molecular weight is 475 g/mol. The second kappa shape index (κ2) is 10.9. The first-order valence-electron chi connectivity index (χ1n) is 10.4. The molecule has 12 nitrogen and oxygen atoms in total. The highest BCUT2D eigenvalue weighted by Gasteiger charge is 2.53. The number of carbonyl (C=O) groups is 4. The van der Waals surface area contributed by atoms with Crippen molar-refractivity contribution in [1.82, 2.24) is 15.0 Å². The van der Waals surface area contributed by atoms with Crippen LogP contribution >= 0.6 is 0 Å². The fourth-order valence-corrected chi connectivity index (χ4v) is 3.57. The summed E-state index contributed by atoms with van der Waals surface area (Å²) in [5.74, 6) is -2.88. The summed E-state index contributed by atoms with van der Waals surface area (Å²) in [6.45, 7) is 4.57. The normalized spacial score (nSPS) is 24.1. The van der Waals surface area contributed by atoms with Crippen LogP contribution < -0.4 is 0 Å². The lowest BCUT2D eigenvalue weighted by Gasteiger charge is -2.43. The van der Waals surface area contributed by atoms with Crippen LogP contribution in [0.5, 0.6) is 0 Å². The topological polar surface area (TPSA) is 145 Å². The first-order valence-corrected chi connectivity index (χ1v) is 10.4. The number of nitrogens with zero attached hydrogens (tertiary/aromatic N) is 3. The molecule has 1 aliphatic rings. The number of aromatic nitrogens is 3. The average Bonchev–Trinajstić information content (AvgIpc) is 3.21. The minimum Gasteiger partial charge on any atom is -0.456 e. The van der Waals surface area contributed by atoms with Crippen LogP contribution in [0.3, 0.4) is 0 Å². The summed E-state index contributed by atoms with van der Waals surface area (Å²) in [6, 6.07) is 9.32. The Morgan fingerprint density at radius 3 is 1.97 bits per heavy atom. The molecule has 0 amide bonds. The minimum absolute atomic E-state index is 0.0138. The van der Waals surface area contributed by atoms with Crippen molar-refractivity contribution in [3.05, 3.63) is 36.5 Å². The Labute approximate surface area is 195 Å². The van der Waals surface area contributed by atoms with E-state index in [-0.39, 0.29) is 6.54 Å². The highest BCUT2D eigenvalue weighted by Crippen LogP contribution is 2.30. The predicted octanol–water partition coefficient (Wildman–Crippen LogP) is 1.03. The Kier molecular flexibility index (Phi) is 7.95. The molecule has 182 valence electrons. The molecule has 12 heteroatoms. The Morgan fingerprint density at radius 2 is 1.38 bits per heavy atom. The van der Waals surface area contributed by atoms with Gasteiger partial charge < -0.3 is 23.7 Å². The van der Waals surface area contributed by atoms with E-state index in [2.05, 4.69) is 10.3 Å². The smallest absolute Gasteiger partial charge is 0.305 e. The summed E-state index contributed by atoms with van der Waals surface area (Å²) in [5.41, 5.74) is 1.42. The molecule has 1 aliphatic heterocycles. The van der Waals surface area contributed by atoms with Gasteiger partial charge in [0.1, 0.15) is 11.8 Å². The van der Waals surface area contributed by atoms with Crippen LogP contribution in [-0.2, 0) is 49.4 Å². The van der Waals surface area contributed by atoms with Gasteiger partial charge in [-0.25, -0.2) is 4.68 Å². The van der Waals surface area contributed by atoms with Crippen molar-refractivity contribution in [1.29, 1.82) is 0 Å². The summed E-state index contributed by atoms with van der Waals surface area (Å²) in [4.78, 5) is 47.1. The highest BCUT2D eigenvalue weighted by atomic mass is 16.7. The number of benzene rings is 1. The third-order valence-corrected chi connectivity index (χ3v) is 4.75. The van der Waals surface area contributed by atoms with Crippen LogP contribution in [0.1, 0.15) is 27.7 Å². The Balaban J connectivity index is 1.95. The van der Waals surface area contributed by atoms with E-state index in [4.69, 9.17) is 23.7 Å². The first kappa shape index (κ1) is 24.8. The molecule has 34 heavy (non-hydrogen) atoms. The zero-order valence-electron chi connectivity index (χ0n) is 19.1. The van der Waals surface area contributed by atoms with Gasteiger partial charge in [0, 0.05) is 33.3 Å². The molecule has 5 atom stereocenters. The van der Waals surface area contributed by atoms with Crippen molar-refractivity contribution >= 4 is 23.9 Å². The number of rotatable bonds is 7. The van der Waals surface area contributed by atoms with Crippen LogP contribution in [0.25, 0.3) is 11.3 Å². The predicted molar refractivity (Wildman–Crippen MR) is 113 cm³/mol. The molecule has 0 aliphatic carbocycles. The first-order chi connectivity index (χ1) is 16.1. The van der Waals surface area contributed by atoms with E-state index in [1.165, 1.54) is 11.6 Å². The van der Waals surface area contributed by atoms with E-state index in [0.29, 0.717) is 5.69 Å². The minimum atomic E-state index is -1.43. The van der Waals surface area contributed by atoms with E-state index in [1.54, 1.807) is 6.20 Å². The zero-order valence-corrected chi connectivity index (χ0v) is 19.1. The lowest BCUT2D eigenvalue weighted by molar-refractivity contribution is -0.297. The molecule has 2 aromatic rings. The molecule has 1 aromatic heterocycles. The number of hydrogen-bond donors (Lipinski definition) is 0. The van der Waals surface area contributed by atoms with Crippen LogP contribution in [0, 0.1) is 0 Å². The maximum absolute atomic E-state index is 11.9. The van der Waals surface area contributed by atoms with Gasteiger partial charge >= 0.3 is 23.9 Å². The van der Waals surface area contributed by atoms with Gasteiger partial charge in [0.25, 0.3) is 0 Å². The molecular formula is C22H25N3O9. The highest BCUT2D eigenvalue weighted by molar-refractivity contribution is 5.69. The van der Waals surface area contributed by atoms with Crippen molar-refractivity contribution in [2.45, 2.75) is 64.9 Å². The molecule has 0 N–H and O–H groups in total. The summed E-state index contributed by atoms with van der Waals surface area (Å²) in [6.07, 6.45) is -4.67. The Bertz CT molecular complexity index is 1040. The lowest BCUT2D eigenvalue weighted by Crippen LogP contribution is -2.62. The SMILES string of the molecule is CC(=O)O[C@H]1O[C@H](Cn2cc(-c3ccccc3)nn2)[C@@H](OC(C)=O)[C@H](OC(C)=O)[C@H]1OC(C)=O. The largest absolute Gasteiger partial charge is 0.456 e. The molecular weight excluding hydrogens is 450 g/mol. The second-order valence-electron chi connectivity index (χ2n) is 7.57. The number of ether oxygens (including phenoxy) is 5. The van der Waals surface area contributed by atoms with E-state index in [0.717, 1.165) is 26.3 Å². The van der Waals surface area contributed by atoms with Crippen LogP contribution in [-0.4, -0.2) is 69.6 Å². The van der Waals surface area contributed by atoms with Crippen LogP contribution in [0.2, 0.25) is 0 Å². The van der Waals surface area contributed by atoms with E-state index < -0.39 is 54.6 Å². The summed E-state index contributed by atoms with van der Waals surface area (Å²) < 4.78 is 28.5. The number of esters is 4. The van der Waals surface area contributed by atoms with E-state index in [1.807, 2.05) is 30.3 Å². The maximum Gasteiger partial charge on any atom is 0.305 e. The van der Waals surface area contributed by atoms with Crippen LogP contribution in [0.15, 0.2) is 36.5 Å². The van der Waals surface area contributed by atoms with Gasteiger partial charge in [-0.2, -0.15) is 0 Å². The van der Waals surface area contributed by atoms with Crippen LogP contribution in [0.4, 0.5) is 0 Å². The molecule has 3 rings (SSSR count). The molecule has 0 spiro atoms. The van der Waals surface area contributed by atoms with Gasteiger partial charge in [-0.1, -0.05) is 35.5 Å². The maximum atomic E-state index is 11.9. The molecule has 1 fully saturated rings. The quantitative estimate of drug-likeness (QED) is 0.418. The monoisotopic (exact) mass is 475 g/mol. The Hall–Kier alpha value is -3.80. The zero-order chi connectivity index (χ0) is 24.8. The van der Waals surface area contributed by atoms with Crippen molar-refractivity contribution in [2.75, 3.05) is 0 Å². The van der Waals surface area contributed by atoms with Gasteiger partial charge in [-0.3, -0.25) is 19.2 Å². The molecule has 0 radical (unpaired) electrons. The Morgan fingerprint density at radius 1 is 0.824 bits per heavy atom. The van der Waals surface area contributed by atoms with Gasteiger partial charge in [-0.05, 0) is 0 Å². The van der Waals surface area contributed by atoms with Crippen molar-refractivity contribution in [2.24, 2.45) is 0 Å². The van der Waals surface area contributed by atoms with Crippen molar-refractivity contribution < 1.29 is 42.9 Å². The standard InChI is InChI=1S/C22H25N3O9/c1-12(26)30-19-18(11-25-10-17(23-24-25)16-8-6-5-7-9-16)34-22(33-15(4)29)21(32-14(3)28)20(19)31-13(2)27/h5-10,18-22H,11H2,1-4H3/t18-,19-,20+,21-,22+/m1/s1. The van der Waals surface area contributed by atoms with Gasteiger partial charge in [0.15, 0.2) is 12.2 Å². The summed E-state index contributed by atoms with van der Waals surface area (Å²) >= 11 is 0. The summed E-state index contributed by atoms with van der Waals surface area (Å²) in [7, 11) is 0. The molecule has 1 saturated heterocycles. The van der Waals surface area contributed by atoms with Gasteiger partial charge in [-0.15, -0.1) is 5.10 Å². The molecule has 0 unspecified atom stereocenters. The molecule has 0 saturated carbocycles. The van der Waals surface area contributed by atoms with Gasteiger partial charge in [0.2, 0.25) is 12.4 Å². The second-order valence-corrected chi connectivity index (χ2v) is 7.57. The summed E-state index contributed by atoms with van der Waals surface area (Å²) in [5, 5.41) is 8.22. The third kappa shape index (κ3) is 6.38. The number of carbonyl (C=O) groups excluding carboxylic acids is 4. The fourth-order valence-electron chi connectivity index (χ4n) is 3.57. The van der Waals surface area contributed by atoms with Gasteiger partial charge in [0.05, 0.1) is 12.7 Å². The van der Waals surface area contributed by atoms with E-state index >= 15 is 0 Å². The molecule has 1 aromatic carbocycles. The fraction of sp³-hybridized carbons (Fsp3) is 0.455. The van der Waals surface area contributed by atoms with Crippen molar-refractivity contribution in [3.8, 4) is 11.3 Å². The molecule has 0 bridgehead atoms. The lowest BCUT2D eigenvalue weighted by atomic mass is 9.97.